The van der Waals surface area contributed by atoms with Gasteiger partial charge in [0.1, 0.15) is 13.2 Å². The van der Waals surface area contributed by atoms with Crippen LogP contribution in [0.25, 0.3) is 0 Å². The van der Waals surface area contributed by atoms with Crippen molar-refractivity contribution in [1.82, 2.24) is 0 Å². The molecule has 0 rings (SSSR count). The van der Waals surface area contributed by atoms with Crippen LogP contribution in [-0.2, 0) is 28.6 Å². The van der Waals surface area contributed by atoms with Crippen LogP contribution in [0, 0.1) is 0 Å². The van der Waals surface area contributed by atoms with Gasteiger partial charge in [0, 0.05) is 19.3 Å². The number of carbonyl (C=O) groups is 3. The second-order valence-electron chi connectivity index (χ2n) is 19.3. The first-order chi connectivity index (χ1) is 33.0. The van der Waals surface area contributed by atoms with Gasteiger partial charge in [0.25, 0.3) is 0 Å². The van der Waals surface area contributed by atoms with Crippen molar-refractivity contribution in [2.24, 2.45) is 0 Å². The van der Waals surface area contributed by atoms with E-state index in [1.54, 1.807) is 0 Å². The number of unbranched alkanes of at least 4 members (excludes halogenated alkanes) is 33. The van der Waals surface area contributed by atoms with Gasteiger partial charge in [0.15, 0.2) is 6.10 Å². The van der Waals surface area contributed by atoms with Gasteiger partial charge in [0.2, 0.25) is 0 Å². The molecule has 0 N–H and O–H groups in total. The molecule has 0 bridgehead atoms. The fraction of sp³-hybridized carbons (Fsp3) is 0.787. The van der Waals surface area contributed by atoms with E-state index in [2.05, 4.69) is 81.5 Å². The summed E-state index contributed by atoms with van der Waals surface area (Å²) in [6, 6.07) is 0. The topological polar surface area (TPSA) is 78.9 Å². The first kappa shape index (κ1) is 64.1. The van der Waals surface area contributed by atoms with Crippen LogP contribution in [0.15, 0.2) is 60.8 Å². The molecule has 0 fully saturated rings. The fourth-order valence-electron chi connectivity index (χ4n) is 8.13. The average Bonchev–Trinajstić information content (AvgIpc) is 3.33. The highest BCUT2D eigenvalue weighted by atomic mass is 16.6. The van der Waals surface area contributed by atoms with Gasteiger partial charge in [-0.1, -0.05) is 236 Å². The third kappa shape index (κ3) is 53.9. The van der Waals surface area contributed by atoms with E-state index < -0.39 is 6.10 Å². The van der Waals surface area contributed by atoms with Crippen molar-refractivity contribution in [2.45, 2.75) is 297 Å². The maximum Gasteiger partial charge on any atom is 0.306 e. The molecule has 0 spiro atoms. The Balaban J connectivity index is 4.42. The van der Waals surface area contributed by atoms with Crippen molar-refractivity contribution in [2.75, 3.05) is 13.2 Å². The monoisotopic (exact) mass is 937 g/mol. The first-order valence-corrected chi connectivity index (χ1v) is 28.8. The van der Waals surface area contributed by atoms with Crippen LogP contribution in [0.2, 0.25) is 0 Å². The zero-order valence-electron chi connectivity index (χ0n) is 44.4. The number of allylic oxidation sites excluding steroid dienone is 10. The SMILES string of the molecule is CCCCC/C=C\C=C/CCCCCCCCC(=O)OCC(COC(=O)CCCCCCC/C=C\C=C/CCCCCCCCC)OC(=O)CCCCCCC/C=C\CCCCCCCCC. The smallest absolute Gasteiger partial charge is 0.306 e. The summed E-state index contributed by atoms with van der Waals surface area (Å²) in [6.07, 6.45) is 69.2. The quantitative estimate of drug-likeness (QED) is 0.0199. The molecule has 388 valence electrons. The van der Waals surface area contributed by atoms with E-state index in [0.29, 0.717) is 19.3 Å². The van der Waals surface area contributed by atoms with Crippen LogP contribution in [0.5, 0.6) is 0 Å². The summed E-state index contributed by atoms with van der Waals surface area (Å²) in [6.45, 7) is 6.59. The van der Waals surface area contributed by atoms with E-state index in [1.807, 2.05) is 0 Å². The van der Waals surface area contributed by atoms with E-state index >= 15 is 0 Å². The first-order valence-electron chi connectivity index (χ1n) is 28.8. The molecular weight excluding hydrogens is 829 g/mol. The van der Waals surface area contributed by atoms with Gasteiger partial charge in [-0.3, -0.25) is 14.4 Å². The molecule has 0 aliphatic heterocycles. The van der Waals surface area contributed by atoms with Crippen molar-refractivity contribution in [3.05, 3.63) is 60.8 Å². The highest BCUT2D eigenvalue weighted by Crippen LogP contribution is 2.15. The predicted octanol–water partition coefficient (Wildman–Crippen LogP) is 19.2. The van der Waals surface area contributed by atoms with Crippen LogP contribution in [0.4, 0.5) is 0 Å². The van der Waals surface area contributed by atoms with Crippen molar-refractivity contribution < 1.29 is 28.6 Å². The summed E-state index contributed by atoms with van der Waals surface area (Å²) in [4.78, 5) is 38.1. The van der Waals surface area contributed by atoms with Gasteiger partial charge >= 0.3 is 17.9 Å². The number of rotatable bonds is 52. The molecule has 6 heteroatoms. The standard InChI is InChI=1S/C61H108O6/c1-4-7-10-13-16-19-22-25-28-30-31-34-36-39-42-45-48-51-54-60(63)66-57-58(56-65-59(62)53-50-47-44-41-38-35-32-27-24-21-18-15-12-9-6-3)67-61(64)55-52-49-46-43-40-37-33-29-26-23-20-17-14-11-8-5-2/h18,21,24,27-31,33-34,58H,4-17,19-20,22-23,25-26,32,35-57H2,1-3H3/b21-18-,27-24-,30-28-,33-29-,34-31-. The van der Waals surface area contributed by atoms with Crippen molar-refractivity contribution in [3.63, 3.8) is 0 Å². The Bertz CT molecular complexity index is 1210. The van der Waals surface area contributed by atoms with Crippen molar-refractivity contribution in [1.29, 1.82) is 0 Å². The summed E-state index contributed by atoms with van der Waals surface area (Å²) >= 11 is 0. The number of esters is 3. The largest absolute Gasteiger partial charge is 0.462 e. The van der Waals surface area contributed by atoms with Gasteiger partial charge in [-0.25, -0.2) is 0 Å². The lowest BCUT2D eigenvalue weighted by Gasteiger charge is -2.18. The molecule has 0 saturated heterocycles. The Morgan fingerprint density at radius 2 is 0.537 bits per heavy atom. The molecule has 0 aliphatic carbocycles. The number of ether oxygens (including phenoxy) is 3. The van der Waals surface area contributed by atoms with Gasteiger partial charge < -0.3 is 14.2 Å². The molecule has 0 aliphatic rings. The van der Waals surface area contributed by atoms with Crippen molar-refractivity contribution in [3.8, 4) is 0 Å². The molecule has 0 aromatic carbocycles. The Morgan fingerprint density at radius 1 is 0.299 bits per heavy atom. The molecule has 0 aromatic heterocycles. The normalized spacial score (nSPS) is 12.5. The molecule has 0 amide bonds. The second-order valence-corrected chi connectivity index (χ2v) is 19.3. The lowest BCUT2D eigenvalue weighted by atomic mass is 10.1. The van der Waals surface area contributed by atoms with Crippen LogP contribution < -0.4 is 0 Å². The third-order valence-corrected chi connectivity index (χ3v) is 12.5. The van der Waals surface area contributed by atoms with E-state index in [1.165, 1.54) is 154 Å². The van der Waals surface area contributed by atoms with E-state index in [9.17, 15) is 14.4 Å². The lowest BCUT2D eigenvalue weighted by molar-refractivity contribution is -0.167. The number of carbonyl (C=O) groups excluding carboxylic acids is 3. The number of hydrogen-bond acceptors (Lipinski definition) is 6. The maximum absolute atomic E-state index is 12.8. The van der Waals surface area contributed by atoms with Crippen LogP contribution in [0.3, 0.4) is 0 Å². The molecule has 0 saturated carbocycles. The molecule has 1 unspecified atom stereocenters. The summed E-state index contributed by atoms with van der Waals surface area (Å²) in [5, 5.41) is 0. The Labute approximate surface area is 415 Å². The van der Waals surface area contributed by atoms with Gasteiger partial charge in [-0.2, -0.15) is 0 Å². The minimum absolute atomic E-state index is 0.0881. The van der Waals surface area contributed by atoms with Crippen LogP contribution in [0.1, 0.15) is 290 Å². The van der Waals surface area contributed by atoms with Crippen LogP contribution >= 0.6 is 0 Å². The van der Waals surface area contributed by atoms with Gasteiger partial charge in [-0.05, 0) is 96.3 Å². The van der Waals surface area contributed by atoms with Gasteiger partial charge in [0.05, 0.1) is 0 Å². The minimum Gasteiger partial charge on any atom is -0.462 e. The van der Waals surface area contributed by atoms with Crippen LogP contribution in [-0.4, -0.2) is 37.2 Å². The Hall–Kier alpha value is -2.89. The summed E-state index contributed by atoms with van der Waals surface area (Å²) in [5.74, 6) is -0.912. The maximum atomic E-state index is 12.8. The molecule has 0 radical (unpaired) electrons. The van der Waals surface area contributed by atoms with E-state index in [4.69, 9.17) is 14.2 Å². The highest BCUT2D eigenvalue weighted by molar-refractivity contribution is 5.71. The Morgan fingerprint density at radius 3 is 0.866 bits per heavy atom. The molecule has 0 aromatic rings. The highest BCUT2D eigenvalue weighted by Gasteiger charge is 2.19. The molecule has 6 nitrogen and oxygen atoms in total. The predicted molar refractivity (Wildman–Crippen MR) is 288 cm³/mol. The lowest BCUT2D eigenvalue weighted by Crippen LogP contribution is -2.30. The molecular formula is C61H108O6. The number of hydrogen-bond donors (Lipinski definition) is 0. The molecule has 1 atom stereocenters. The fourth-order valence-corrected chi connectivity index (χ4v) is 8.13. The second kappa shape index (κ2) is 55.7. The zero-order chi connectivity index (χ0) is 48.6. The van der Waals surface area contributed by atoms with Gasteiger partial charge in [-0.15, -0.1) is 0 Å². The zero-order valence-corrected chi connectivity index (χ0v) is 44.4. The van der Waals surface area contributed by atoms with E-state index in [0.717, 1.165) is 96.3 Å². The minimum atomic E-state index is -0.790. The molecule has 0 heterocycles. The third-order valence-electron chi connectivity index (χ3n) is 12.5. The van der Waals surface area contributed by atoms with Crippen molar-refractivity contribution >= 4 is 17.9 Å². The average molecular weight is 938 g/mol. The summed E-state index contributed by atoms with van der Waals surface area (Å²) < 4.78 is 16.8. The molecule has 67 heavy (non-hydrogen) atoms. The van der Waals surface area contributed by atoms with E-state index in [-0.39, 0.29) is 31.1 Å². The Kier molecular flexibility index (Phi) is 53.3. The summed E-state index contributed by atoms with van der Waals surface area (Å²) in [5.41, 5.74) is 0. The summed E-state index contributed by atoms with van der Waals surface area (Å²) in [7, 11) is 0.